The summed E-state index contributed by atoms with van der Waals surface area (Å²) in [6.45, 7) is 2.03. The molecule has 1 unspecified atom stereocenters. The van der Waals surface area contributed by atoms with E-state index in [1.807, 2.05) is 29.7 Å². The summed E-state index contributed by atoms with van der Waals surface area (Å²) < 4.78 is 3.45. The van der Waals surface area contributed by atoms with Crippen LogP contribution in [0.3, 0.4) is 0 Å². The summed E-state index contributed by atoms with van der Waals surface area (Å²) >= 11 is 21.1. The number of halogens is 3. The Morgan fingerprint density at radius 1 is 1.33 bits per heavy atom. The normalized spacial score (nSPS) is 12.8. The van der Waals surface area contributed by atoms with E-state index in [-0.39, 0.29) is 6.04 Å². The molecular formula is C14H10BrCl2N3S. The molecule has 0 aliphatic heterocycles. The third-order valence-electron chi connectivity index (χ3n) is 3.32. The van der Waals surface area contributed by atoms with E-state index in [9.17, 15) is 0 Å². The number of aromatic nitrogens is 3. The van der Waals surface area contributed by atoms with Crippen LogP contribution in [0.4, 0.5) is 0 Å². The van der Waals surface area contributed by atoms with Crippen LogP contribution in [0.25, 0.3) is 11.2 Å². The fraction of sp³-hybridized carbons (Fsp3) is 0.143. The minimum absolute atomic E-state index is 0.0512. The van der Waals surface area contributed by atoms with Crippen molar-refractivity contribution in [2.75, 3.05) is 0 Å². The lowest BCUT2D eigenvalue weighted by Crippen LogP contribution is -2.08. The first-order valence-corrected chi connectivity index (χ1v) is 8.14. The van der Waals surface area contributed by atoms with Gasteiger partial charge in [0.15, 0.2) is 10.4 Å². The highest BCUT2D eigenvalue weighted by atomic mass is 79.9. The van der Waals surface area contributed by atoms with Crippen LogP contribution in [0.1, 0.15) is 18.5 Å². The molecule has 0 radical (unpaired) electrons. The van der Waals surface area contributed by atoms with E-state index >= 15 is 0 Å². The number of benzene rings is 1. The van der Waals surface area contributed by atoms with Crippen LogP contribution in [-0.4, -0.2) is 14.5 Å². The topological polar surface area (TPSA) is 33.6 Å². The number of H-pyrrole nitrogens is 1. The van der Waals surface area contributed by atoms with Crippen molar-refractivity contribution in [3.05, 3.63) is 55.3 Å². The molecule has 7 heteroatoms. The van der Waals surface area contributed by atoms with Crippen LogP contribution in [0, 0.1) is 4.77 Å². The van der Waals surface area contributed by atoms with E-state index < -0.39 is 0 Å². The first-order valence-electron chi connectivity index (χ1n) is 6.18. The summed E-state index contributed by atoms with van der Waals surface area (Å²) in [5, 5.41) is 1.23. The van der Waals surface area contributed by atoms with Crippen LogP contribution >= 0.6 is 51.3 Å². The second-order valence-corrected chi connectivity index (χ2v) is 6.81. The zero-order chi connectivity index (χ0) is 15.1. The number of rotatable bonds is 2. The molecule has 3 nitrogen and oxygen atoms in total. The summed E-state index contributed by atoms with van der Waals surface area (Å²) in [5.41, 5.74) is 2.62. The number of imidazole rings is 1. The predicted molar refractivity (Wildman–Crippen MR) is 92.9 cm³/mol. The minimum atomic E-state index is -0.0512. The molecular weight excluding hydrogens is 393 g/mol. The molecule has 0 aliphatic rings. The van der Waals surface area contributed by atoms with Crippen molar-refractivity contribution in [2.24, 2.45) is 0 Å². The number of pyridine rings is 1. The number of nitrogens with one attached hydrogen (secondary N) is 1. The molecule has 1 aromatic carbocycles. The number of fused-ring (bicyclic) bond motifs is 1. The lowest BCUT2D eigenvalue weighted by Gasteiger charge is -2.16. The molecule has 0 spiro atoms. The maximum atomic E-state index is 6.30. The molecule has 0 saturated heterocycles. The molecule has 108 valence electrons. The van der Waals surface area contributed by atoms with Gasteiger partial charge in [-0.05, 0) is 58.8 Å². The van der Waals surface area contributed by atoms with Gasteiger partial charge >= 0.3 is 0 Å². The van der Waals surface area contributed by atoms with Gasteiger partial charge in [0.25, 0.3) is 0 Å². The molecule has 0 fully saturated rings. The molecule has 1 N–H and O–H groups in total. The molecule has 0 saturated carbocycles. The van der Waals surface area contributed by atoms with Crippen LogP contribution in [0.15, 0.2) is 34.9 Å². The second kappa shape index (κ2) is 5.72. The fourth-order valence-electron chi connectivity index (χ4n) is 2.33. The molecule has 2 heterocycles. The van der Waals surface area contributed by atoms with Gasteiger partial charge in [0, 0.05) is 20.7 Å². The predicted octanol–water partition coefficient (Wildman–Crippen LogP) is 5.77. The van der Waals surface area contributed by atoms with E-state index in [1.54, 1.807) is 12.3 Å². The van der Waals surface area contributed by atoms with E-state index in [1.165, 1.54) is 0 Å². The highest BCUT2D eigenvalue weighted by molar-refractivity contribution is 9.10. The smallest absolute Gasteiger partial charge is 0.179 e. The molecule has 1 atom stereocenters. The van der Waals surface area contributed by atoms with Crippen molar-refractivity contribution in [3.63, 3.8) is 0 Å². The van der Waals surface area contributed by atoms with Gasteiger partial charge in [-0.25, -0.2) is 4.98 Å². The van der Waals surface area contributed by atoms with Crippen LogP contribution < -0.4 is 0 Å². The van der Waals surface area contributed by atoms with Crippen molar-refractivity contribution >= 4 is 62.5 Å². The summed E-state index contributed by atoms with van der Waals surface area (Å²) in [5.74, 6) is 0. The van der Waals surface area contributed by atoms with E-state index in [2.05, 4.69) is 25.9 Å². The molecule has 3 aromatic rings. The third kappa shape index (κ3) is 2.75. The quantitative estimate of drug-likeness (QED) is 0.551. The largest absolute Gasteiger partial charge is 0.329 e. The fourth-order valence-corrected chi connectivity index (χ4v) is 3.58. The lowest BCUT2D eigenvalue weighted by atomic mass is 10.1. The van der Waals surface area contributed by atoms with Gasteiger partial charge in [0.2, 0.25) is 0 Å². The van der Waals surface area contributed by atoms with Crippen molar-refractivity contribution in [2.45, 2.75) is 13.0 Å². The van der Waals surface area contributed by atoms with Gasteiger partial charge in [-0.2, -0.15) is 0 Å². The zero-order valence-corrected chi connectivity index (χ0v) is 14.8. The Bertz CT molecular complexity index is 888. The van der Waals surface area contributed by atoms with E-state index in [4.69, 9.17) is 35.4 Å². The molecule has 21 heavy (non-hydrogen) atoms. The summed E-state index contributed by atoms with van der Waals surface area (Å²) in [6.07, 6.45) is 1.75. The Morgan fingerprint density at radius 2 is 2.10 bits per heavy atom. The van der Waals surface area contributed by atoms with Crippen molar-refractivity contribution in [1.82, 2.24) is 14.5 Å². The lowest BCUT2D eigenvalue weighted by molar-refractivity contribution is 0.644. The Kier molecular flexibility index (Phi) is 4.10. The average Bonchev–Trinajstić information content (AvgIpc) is 2.73. The van der Waals surface area contributed by atoms with Gasteiger partial charge in [-0.3, -0.25) is 4.57 Å². The Labute approximate surface area is 145 Å². The average molecular weight is 403 g/mol. The van der Waals surface area contributed by atoms with Crippen LogP contribution in [0.2, 0.25) is 10.0 Å². The van der Waals surface area contributed by atoms with Crippen molar-refractivity contribution in [1.29, 1.82) is 0 Å². The van der Waals surface area contributed by atoms with Gasteiger partial charge in [-0.15, -0.1) is 0 Å². The van der Waals surface area contributed by atoms with Crippen LogP contribution in [0.5, 0.6) is 0 Å². The number of hydrogen-bond donors (Lipinski definition) is 1. The van der Waals surface area contributed by atoms with E-state index in [0.717, 1.165) is 21.2 Å². The molecule has 3 rings (SSSR count). The van der Waals surface area contributed by atoms with Gasteiger partial charge in [0.05, 0.1) is 11.6 Å². The molecule has 0 aliphatic carbocycles. The van der Waals surface area contributed by atoms with E-state index in [0.29, 0.717) is 14.8 Å². The summed E-state index contributed by atoms with van der Waals surface area (Å²) in [7, 11) is 0. The summed E-state index contributed by atoms with van der Waals surface area (Å²) in [4.78, 5) is 7.61. The maximum Gasteiger partial charge on any atom is 0.179 e. The van der Waals surface area contributed by atoms with Crippen LogP contribution in [-0.2, 0) is 0 Å². The first-order chi connectivity index (χ1) is 9.97. The highest BCUT2D eigenvalue weighted by Gasteiger charge is 2.17. The number of hydrogen-bond acceptors (Lipinski definition) is 2. The maximum absolute atomic E-state index is 6.30. The Morgan fingerprint density at radius 3 is 2.81 bits per heavy atom. The number of nitrogens with zero attached hydrogens (tertiary/aromatic N) is 2. The zero-order valence-electron chi connectivity index (χ0n) is 10.9. The van der Waals surface area contributed by atoms with Gasteiger partial charge in [-0.1, -0.05) is 29.3 Å². The minimum Gasteiger partial charge on any atom is -0.329 e. The Hall–Kier alpha value is -0.880. The standard InChI is InChI=1S/C14H10BrCl2N3S/c1-7(10-3-2-9(16)5-11(10)17)20-13-12(19-14(20)21)4-8(15)6-18-13/h2-7H,1H3,(H,19,21). The molecule has 0 bridgehead atoms. The second-order valence-electron chi connectivity index (χ2n) is 4.67. The highest BCUT2D eigenvalue weighted by Crippen LogP contribution is 2.31. The van der Waals surface area contributed by atoms with Gasteiger partial charge < -0.3 is 4.98 Å². The van der Waals surface area contributed by atoms with Gasteiger partial charge in [0.1, 0.15) is 0 Å². The van der Waals surface area contributed by atoms with Crippen molar-refractivity contribution in [3.8, 4) is 0 Å². The SMILES string of the molecule is CC(c1ccc(Cl)cc1Cl)n1c(=S)[nH]c2cc(Br)cnc21. The first kappa shape index (κ1) is 15.0. The molecule has 2 aromatic heterocycles. The molecule has 0 amide bonds. The monoisotopic (exact) mass is 401 g/mol. The summed E-state index contributed by atoms with van der Waals surface area (Å²) in [6, 6.07) is 7.36. The number of aromatic amines is 1. The van der Waals surface area contributed by atoms with Crippen molar-refractivity contribution < 1.29 is 0 Å². The Balaban J connectivity index is 2.19. The third-order valence-corrected chi connectivity index (χ3v) is 4.62.